The molecular formula is C24H29FN4O2. The van der Waals surface area contributed by atoms with Gasteiger partial charge in [-0.15, -0.1) is 0 Å². The maximum atomic E-state index is 13.0. The number of carbonyl (C=O) groups is 2. The van der Waals surface area contributed by atoms with Gasteiger partial charge in [0.1, 0.15) is 5.82 Å². The number of nitrogens with one attached hydrogen (secondary N) is 2. The van der Waals surface area contributed by atoms with Crippen LogP contribution >= 0.6 is 0 Å². The summed E-state index contributed by atoms with van der Waals surface area (Å²) in [6.45, 7) is 3.63. The van der Waals surface area contributed by atoms with Crippen molar-refractivity contribution in [3.05, 3.63) is 65.5 Å². The van der Waals surface area contributed by atoms with E-state index in [9.17, 15) is 14.0 Å². The summed E-state index contributed by atoms with van der Waals surface area (Å²) in [7, 11) is 0. The fourth-order valence-corrected chi connectivity index (χ4v) is 4.39. The number of halogens is 1. The number of rotatable bonds is 6. The lowest BCUT2D eigenvalue weighted by molar-refractivity contribution is -0.124. The van der Waals surface area contributed by atoms with Crippen molar-refractivity contribution in [2.75, 3.05) is 44.6 Å². The van der Waals surface area contributed by atoms with Gasteiger partial charge >= 0.3 is 0 Å². The van der Waals surface area contributed by atoms with Gasteiger partial charge in [-0.3, -0.25) is 19.4 Å². The standard InChI is InChI=1S/C24H29FN4O2/c25-19-8-10-20(11-9-19)26-23(30)16-28-12-14-29(15-13-28)17-24(31)27-22-7-3-5-18-4-1-2-6-21(18)22/h1-2,4,6,8-11,22H,3,5,7,12-17H2,(H,26,30)(H,27,31). The summed E-state index contributed by atoms with van der Waals surface area (Å²) in [5.74, 6) is -0.385. The predicted molar refractivity (Wildman–Crippen MR) is 118 cm³/mol. The minimum absolute atomic E-state index is 0.0594. The van der Waals surface area contributed by atoms with E-state index in [0.717, 1.165) is 45.4 Å². The summed E-state index contributed by atoms with van der Waals surface area (Å²) >= 11 is 0. The van der Waals surface area contributed by atoms with E-state index in [2.05, 4.69) is 38.6 Å². The first kappa shape index (κ1) is 21.5. The maximum Gasteiger partial charge on any atom is 0.238 e. The van der Waals surface area contributed by atoms with Gasteiger partial charge in [0.05, 0.1) is 19.1 Å². The molecule has 1 atom stereocenters. The molecule has 2 aromatic rings. The number of amides is 2. The Bertz CT molecular complexity index is 910. The highest BCUT2D eigenvalue weighted by Crippen LogP contribution is 2.29. The Labute approximate surface area is 182 Å². The quantitative estimate of drug-likeness (QED) is 0.748. The zero-order valence-electron chi connectivity index (χ0n) is 17.6. The number of aryl methyl sites for hydroxylation is 1. The van der Waals surface area contributed by atoms with Crippen molar-refractivity contribution in [1.82, 2.24) is 15.1 Å². The van der Waals surface area contributed by atoms with Crippen LogP contribution in [0.15, 0.2) is 48.5 Å². The average molecular weight is 425 g/mol. The number of piperazine rings is 1. The molecule has 0 bridgehead atoms. The van der Waals surface area contributed by atoms with Crippen molar-refractivity contribution in [2.24, 2.45) is 0 Å². The predicted octanol–water partition coefficient (Wildman–Crippen LogP) is 2.58. The number of carbonyl (C=O) groups excluding carboxylic acids is 2. The molecule has 1 heterocycles. The number of hydrogen-bond acceptors (Lipinski definition) is 4. The molecule has 0 aromatic heterocycles. The Morgan fingerprint density at radius 1 is 0.903 bits per heavy atom. The zero-order valence-corrected chi connectivity index (χ0v) is 17.6. The van der Waals surface area contributed by atoms with Crippen LogP contribution in [0.1, 0.15) is 30.0 Å². The number of benzene rings is 2. The van der Waals surface area contributed by atoms with Crippen LogP contribution in [0.4, 0.5) is 10.1 Å². The van der Waals surface area contributed by atoms with Gasteiger partial charge in [-0.25, -0.2) is 4.39 Å². The summed E-state index contributed by atoms with van der Waals surface area (Å²) in [5, 5.41) is 6.00. The van der Waals surface area contributed by atoms with E-state index in [4.69, 9.17) is 0 Å². The third-order valence-corrected chi connectivity index (χ3v) is 6.03. The van der Waals surface area contributed by atoms with Crippen LogP contribution < -0.4 is 10.6 Å². The third kappa shape index (κ3) is 5.89. The van der Waals surface area contributed by atoms with E-state index >= 15 is 0 Å². The SMILES string of the molecule is O=C(CN1CCN(CC(=O)NC2CCCc3ccccc32)CC1)Nc1ccc(F)cc1. The largest absolute Gasteiger partial charge is 0.348 e. The molecule has 1 saturated heterocycles. The second-order valence-electron chi connectivity index (χ2n) is 8.32. The molecule has 2 aliphatic rings. The molecule has 1 aliphatic carbocycles. The smallest absolute Gasteiger partial charge is 0.238 e. The fourth-order valence-electron chi connectivity index (χ4n) is 4.39. The van der Waals surface area contributed by atoms with Gasteiger partial charge in [-0.2, -0.15) is 0 Å². The summed E-state index contributed by atoms with van der Waals surface area (Å²) in [4.78, 5) is 29.1. The van der Waals surface area contributed by atoms with Crippen LogP contribution in [-0.2, 0) is 16.0 Å². The molecule has 2 aromatic carbocycles. The minimum atomic E-state index is -0.328. The Morgan fingerprint density at radius 2 is 1.55 bits per heavy atom. The number of nitrogens with zero attached hydrogens (tertiary/aromatic N) is 2. The first-order valence-corrected chi connectivity index (χ1v) is 10.9. The topological polar surface area (TPSA) is 64.7 Å². The zero-order chi connectivity index (χ0) is 21.6. The summed E-state index contributed by atoms with van der Waals surface area (Å²) in [6, 6.07) is 14.2. The average Bonchev–Trinajstić information content (AvgIpc) is 2.77. The molecule has 1 aliphatic heterocycles. The Balaban J connectivity index is 1.19. The third-order valence-electron chi connectivity index (χ3n) is 6.03. The van der Waals surface area contributed by atoms with E-state index in [1.807, 2.05) is 6.07 Å². The first-order chi connectivity index (χ1) is 15.1. The molecule has 1 fully saturated rings. The van der Waals surface area contributed by atoms with Crippen molar-refractivity contribution in [1.29, 1.82) is 0 Å². The van der Waals surface area contributed by atoms with Crippen molar-refractivity contribution >= 4 is 17.5 Å². The van der Waals surface area contributed by atoms with Gasteiger partial charge in [0, 0.05) is 31.9 Å². The molecule has 2 N–H and O–H groups in total. The van der Waals surface area contributed by atoms with E-state index in [-0.39, 0.29) is 30.2 Å². The Kier molecular flexibility index (Phi) is 6.94. The molecule has 2 amide bonds. The van der Waals surface area contributed by atoms with Crippen molar-refractivity contribution in [3.8, 4) is 0 Å². The van der Waals surface area contributed by atoms with Crippen molar-refractivity contribution < 1.29 is 14.0 Å². The highest BCUT2D eigenvalue weighted by Gasteiger charge is 2.24. The van der Waals surface area contributed by atoms with Gasteiger partial charge in [-0.1, -0.05) is 24.3 Å². The Morgan fingerprint density at radius 3 is 2.26 bits per heavy atom. The van der Waals surface area contributed by atoms with Gasteiger partial charge in [-0.05, 0) is 54.7 Å². The van der Waals surface area contributed by atoms with Crippen LogP contribution in [0.2, 0.25) is 0 Å². The van der Waals surface area contributed by atoms with Crippen LogP contribution in [0.3, 0.4) is 0 Å². The second-order valence-corrected chi connectivity index (χ2v) is 8.32. The number of anilines is 1. The van der Waals surface area contributed by atoms with Gasteiger partial charge < -0.3 is 10.6 Å². The van der Waals surface area contributed by atoms with E-state index in [1.54, 1.807) is 12.1 Å². The molecule has 6 nitrogen and oxygen atoms in total. The summed E-state index contributed by atoms with van der Waals surface area (Å²) in [5.41, 5.74) is 3.18. The lowest BCUT2D eigenvalue weighted by atomic mass is 9.88. The van der Waals surface area contributed by atoms with E-state index < -0.39 is 0 Å². The van der Waals surface area contributed by atoms with Crippen molar-refractivity contribution in [2.45, 2.75) is 25.3 Å². The molecule has 164 valence electrons. The monoisotopic (exact) mass is 424 g/mol. The lowest BCUT2D eigenvalue weighted by Gasteiger charge is -2.34. The van der Waals surface area contributed by atoms with Gasteiger partial charge in [0.15, 0.2) is 0 Å². The summed E-state index contributed by atoms with van der Waals surface area (Å²) < 4.78 is 13.0. The van der Waals surface area contributed by atoms with Crippen LogP contribution in [0.25, 0.3) is 0 Å². The highest BCUT2D eigenvalue weighted by molar-refractivity contribution is 5.92. The normalized spacial score (nSPS) is 19.5. The molecule has 0 radical (unpaired) electrons. The fraction of sp³-hybridized carbons (Fsp3) is 0.417. The van der Waals surface area contributed by atoms with E-state index in [1.165, 1.54) is 23.3 Å². The Hall–Kier alpha value is -2.77. The molecule has 0 spiro atoms. The summed E-state index contributed by atoms with van der Waals surface area (Å²) in [6.07, 6.45) is 3.17. The lowest BCUT2D eigenvalue weighted by Crippen LogP contribution is -2.51. The molecular weight excluding hydrogens is 395 g/mol. The minimum Gasteiger partial charge on any atom is -0.348 e. The van der Waals surface area contributed by atoms with Crippen molar-refractivity contribution in [3.63, 3.8) is 0 Å². The maximum absolute atomic E-state index is 13.0. The molecule has 4 rings (SSSR count). The number of fused-ring (bicyclic) bond motifs is 1. The van der Waals surface area contributed by atoms with E-state index in [0.29, 0.717) is 12.2 Å². The molecule has 0 saturated carbocycles. The highest BCUT2D eigenvalue weighted by atomic mass is 19.1. The van der Waals surface area contributed by atoms with Crippen LogP contribution in [0, 0.1) is 5.82 Å². The van der Waals surface area contributed by atoms with Gasteiger partial charge in [0.2, 0.25) is 11.8 Å². The second kappa shape index (κ2) is 10.0. The van der Waals surface area contributed by atoms with Crippen LogP contribution in [-0.4, -0.2) is 60.9 Å². The number of hydrogen-bond donors (Lipinski definition) is 2. The first-order valence-electron chi connectivity index (χ1n) is 10.9. The molecule has 7 heteroatoms. The van der Waals surface area contributed by atoms with Crippen LogP contribution in [0.5, 0.6) is 0 Å². The molecule has 31 heavy (non-hydrogen) atoms. The molecule has 1 unspecified atom stereocenters. The van der Waals surface area contributed by atoms with Gasteiger partial charge in [0.25, 0.3) is 0 Å².